The molecular formula is C15H18ClNS2. The molecule has 4 heteroatoms. The van der Waals surface area contributed by atoms with Gasteiger partial charge >= 0.3 is 0 Å². The first kappa shape index (κ1) is 14.9. The van der Waals surface area contributed by atoms with Gasteiger partial charge in [-0.15, -0.1) is 11.3 Å². The normalized spacial score (nSPS) is 12.6. The van der Waals surface area contributed by atoms with Crippen molar-refractivity contribution in [1.29, 1.82) is 0 Å². The SMILES string of the molecule is CCCNC(C)c1ccc(Sc2cccs2)c(Cl)c1. The molecule has 19 heavy (non-hydrogen) atoms. The van der Waals surface area contributed by atoms with E-state index in [-0.39, 0.29) is 0 Å². The Morgan fingerprint density at radius 3 is 2.84 bits per heavy atom. The fourth-order valence-corrected chi connectivity index (χ4v) is 3.82. The summed E-state index contributed by atoms with van der Waals surface area (Å²) in [6.45, 7) is 5.38. The van der Waals surface area contributed by atoms with E-state index in [2.05, 4.69) is 54.9 Å². The molecule has 1 N–H and O–H groups in total. The molecule has 0 aliphatic carbocycles. The molecular weight excluding hydrogens is 294 g/mol. The molecule has 0 radical (unpaired) electrons. The van der Waals surface area contributed by atoms with Crippen LogP contribution in [0.25, 0.3) is 0 Å². The maximum Gasteiger partial charge on any atom is 0.0646 e. The summed E-state index contributed by atoms with van der Waals surface area (Å²) in [5.41, 5.74) is 1.24. The fraction of sp³-hybridized carbons (Fsp3) is 0.333. The highest BCUT2D eigenvalue weighted by Gasteiger charge is 2.09. The van der Waals surface area contributed by atoms with Crippen molar-refractivity contribution in [3.8, 4) is 0 Å². The van der Waals surface area contributed by atoms with E-state index in [9.17, 15) is 0 Å². The standard InChI is InChI=1S/C15H18ClNS2/c1-3-8-17-11(2)12-6-7-14(13(16)10-12)19-15-5-4-9-18-15/h4-7,9-11,17H,3,8H2,1-2H3. The van der Waals surface area contributed by atoms with Crippen LogP contribution in [0.1, 0.15) is 31.9 Å². The predicted molar refractivity (Wildman–Crippen MR) is 86.6 cm³/mol. The van der Waals surface area contributed by atoms with Gasteiger partial charge in [-0.3, -0.25) is 0 Å². The Kier molecular flexibility index (Phi) is 5.76. The van der Waals surface area contributed by atoms with E-state index in [4.69, 9.17) is 11.6 Å². The Balaban J connectivity index is 2.08. The van der Waals surface area contributed by atoms with E-state index in [1.165, 1.54) is 9.77 Å². The van der Waals surface area contributed by atoms with Crippen molar-refractivity contribution in [2.75, 3.05) is 6.54 Å². The zero-order valence-electron chi connectivity index (χ0n) is 11.2. The number of thiophene rings is 1. The molecule has 0 fully saturated rings. The number of rotatable bonds is 6. The number of halogens is 1. The van der Waals surface area contributed by atoms with Crippen LogP contribution >= 0.6 is 34.7 Å². The fourth-order valence-electron chi connectivity index (χ4n) is 1.78. The van der Waals surface area contributed by atoms with Gasteiger partial charge in [-0.25, -0.2) is 0 Å². The van der Waals surface area contributed by atoms with Crippen LogP contribution in [0.15, 0.2) is 44.8 Å². The van der Waals surface area contributed by atoms with Crippen molar-refractivity contribution in [3.05, 3.63) is 46.3 Å². The lowest BCUT2D eigenvalue weighted by Crippen LogP contribution is -2.19. The summed E-state index contributed by atoms with van der Waals surface area (Å²) >= 11 is 9.85. The molecule has 0 saturated heterocycles. The molecule has 1 heterocycles. The Hall–Kier alpha value is -0.480. The molecule has 0 spiro atoms. The quantitative estimate of drug-likeness (QED) is 0.743. The Bertz CT molecular complexity index is 511. The van der Waals surface area contributed by atoms with E-state index < -0.39 is 0 Å². The number of nitrogens with one attached hydrogen (secondary N) is 1. The van der Waals surface area contributed by atoms with E-state index >= 15 is 0 Å². The second-order valence-electron chi connectivity index (χ2n) is 4.40. The highest BCUT2D eigenvalue weighted by atomic mass is 35.5. The first-order valence-corrected chi connectivity index (χ1v) is 8.52. The van der Waals surface area contributed by atoms with Gasteiger partial charge < -0.3 is 5.32 Å². The third-order valence-electron chi connectivity index (χ3n) is 2.86. The van der Waals surface area contributed by atoms with Gasteiger partial charge in [-0.1, -0.05) is 42.4 Å². The third-order valence-corrected chi connectivity index (χ3v) is 5.40. The second kappa shape index (κ2) is 7.34. The van der Waals surface area contributed by atoms with Gasteiger partial charge in [0.15, 0.2) is 0 Å². The van der Waals surface area contributed by atoms with Gasteiger partial charge in [0.2, 0.25) is 0 Å². The summed E-state index contributed by atoms with van der Waals surface area (Å²) in [5, 5.41) is 6.40. The lowest BCUT2D eigenvalue weighted by atomic mass is 10.1. The van der Waals surface area contributed by atoms with Gasteiger partial charge in [-0.05, 0) is 49.0 Å². The summed E-state index contributed by atoms with van der Waals surface area (Å²) in [7, 11) is 0. The Labute approximate surface area is 128 Å². The Morgan fingerprint density at radius 1 is 1.37 bits per heavy atom. The van der Waals surface area contributed by atoms with Crippen molar-refractivity contribution >= 4 is 34.7 Å². The van der Waals surface area contributed by atoms with Crippen molar-refractivity contribution in [2.45, 2.75) is 35.4 Å². The van der Waals surface area contributed by atoms with E-state index in [0.29, 0.717) is 6.04 Å². The molecule has 0 aliphatic rings. The summed E-state index contributed by atoms with van der Waals surface area (Å²) in [6, 6.07) is 10.9. The van der Waals surface area contributed by atoms with E-state index in [1.807, 2.05) is 0 Å². The van der Waals surface area contributed by atoms with Crippen LogP contribution in [0.4, 0.5) is 0 Å². The maximum atomic E-state index is 6.38. The molecule has 1 nitrogen and oxygen atoms in total. The molecule has 2 rings (SSSR count). The molecule has 1 atom stereocenters. The number of hydrogen-bond donors (Lipinski definition) is 1. The zero-order valence-corrected chi connectivity index (χ0v) is 13.5. The first-order chi connectivity index (χ1) is 9.20. The molecule has 102 valence electrons. The average Bonchev–Trinajstić information content (AvgIpc) is 2.91. The molecule has 1 unspecified atom stereocenters. The second-order valence-corrected chi connectivity index (χ2v) is 7.10. The lowest BCUT2D eigenvalue weighted by molar-refractivity contribution is 0.570. The van der Waals surface area contributed by atoms with Crippen LogP contribution in [-0.4, -0.2) is 6.54 Å². The van der Waals surface area contributed by atoms with Gasteiger partial charge in [0.25, 0.3) is 0 Å². The summed E-state index contributed by atoms with van der Waals surface area (Å²) in [5.74, 6) is 0. The van der Waals surface area contributed by atoms with Crippen molar-refractivity contribution in [3.63, 3.8) is 0 Å². The average molecular weight is 312 g/mol. The minimum atomic E-state index is 0.346. The van der Waals surface area contributed by atoms with Crippen molar-refractivity contribution in [2.24, 2.45) is 0 Å². The maximum absolute atomic E-state index is 6.38. The molecule has 0 saturated carbocycles. The monoisotopic (exact) mass is 311 g/mol. The smallest absolute Gasteiger partial charge is 0.0646 e. The molecule has 0 amide bonds. The molecule has 2 aromatic rings. The van der Waals surface area contributed by atoms with Crippen LogP contribution in [-0.2, 0) is 0 Å². The number of hydrogen-bond acceptors (Lipinski definition) is 3. The third kappa shape index (κ3) is 4.25. The molecule has 1 aromatic carbocycles. The predicted octanol–water partition coefficient (Wildman–Crippen LogP) is 5.61. The minimum absolute atomic E-state index is 0.346. The van der Waals surface area contributed by atoms with Crippen molar-refractivity contribution in [1.82, 2.24) is 5.32 Å². The zero-order chi connectivity index (χ0) is 13.7. The van der Waals surface area contributed by atoms with Crippen LogP contribution < -0.4 is 5.32 Å². The van der Waals surface area contributed by atoms with E-state index in [0.717, 1.165) is 22.9 Å². The van der Waals surface area contributed by atoms with Crippen molar-refractivity contribution < 1.29 is 0 Å². The number of benzene rings is 1. The summed E-state index contributed by atoms with van der Waals surface area (Å²) in [6.07, 6.45) is 1.14. The van der Waals surface area contributed by atoms with Crippen LogP contribution in [0, 0.1) is 0 Å². The van der Waals surface area contributed by atoms with Gasteiger partial charge in [0, 0.05) is 10.9 Å². The molecule has 1 aromatic heterocycles. The van der Waals surface area contributed by atoms with Gasteiger partial charge in [-0.2, -0.15) is 0 Å². The summed E-state index contributed by atoms with van der Waals surface area (Å²) in [4.78, 5) is 1.12. The molecule has 0 bridgehead atoms. The summed E-state index contributed by atoms with van der Waals surface area (Å²) < 4.78 is 1.27. The first-order valence-electron chi connectivity index (χ1n) is 6.45. The lowest BCUT2D eigenvalue weighted by Gasteiger charge is -2.14. The minimum Gasteiger partial charge on any atom is -0.310 e. The highest BCUT2D eigenvalue weighted by molar-refractivity contribution is 8.01. The topological polar surface area (TPSA) is 12.0 Å². The largest absolute Gasteiger partial charge is 0.310 e. The molecule has 0 aliphatic heterocycles. The van der Waals surface area contributed by atoms with Gasteiger partial charge in [0.05, 0.1) is 9.23 Å². The van der Waals surface area contributed by atoms with Gasteiger partial charge in [0.1, 0.15) is 0 Å². The van der Waals surface area contributed by atoms with Crippen LogP contribution in [0.5, 0.6) is 0 Å². The van der Waals surface area contributed by atoms with E-state index in [1.54, 1.807) is 23.1 Å². The Morgan fingerprint density at radius 2 is 2.21 bits per heavy atom. The van der Waals surface area contributed by atoms with Crippen LogP contribution in [0.2, 0.25) is 5.02 Å². The van der Waals surface area contributed by atoms with Crippen LogP contribution in [0.3, 0.4) is 0 Å². The highest BCUT2D eigenvalue weighted by Crippen LogP contribution is 2.36.